The van der Waals surface area contributed by atoms with Gasteiger partial charge in [0, 0.05) is 0 Å². The van der Waals surface area contributed by atoms with Crippen molar-refractivity contribution in [3.05, 3.63) is 70.8 Å². The zero-order chi connectivity index (χ0) is 15.4. The molecule has 0 aliphatic rings. The molecule has 110 valence electrons. The standard InChI is InChI=1S/C17H16F2O2/c1-11-4-2-3-5-13(11)10-14(17(20)21)8-12-6-7-15(18)16(19)9-12/h2-7,9,14H,8,10H2,1H3,(H,20,21). The molecule has 0 saturated carbocycles. The fraction of sp³-hybridized carbons (Fsp3) is 0.235. The highest BCUT2D eigenvalue weighted by molar-refractivity contribution is 5.71. The van der Waals surface area contributed by atoms with E-state index in [2.05, 4.69) is 0 Å². The first kappa shape index (κ1) is 15.2. The van der Waals surface area contributed by atoms with Crippen LogP contribution in [-0.2, 0) is 17.6 Å². The fourth-order valence-electron chi connectivity index (χ4n) is 2.30. The van der Waals surface area contributed by atoms with Crippen LogP contribution >= 0.6 is 0 Å². The quantitative estimate of drug-likeness (QED) is 0.910. The summed E-state index contributed by atoms with van der Waals surface area (Å²) in [5.74, 6) is -3.49. The van der Waals surface area contributed by atoms with E-state index in [1.54, 1.807) is 0 Å². The number of benzene rings is 2. The lowest BCUT2D eigenvalue weighted by Gasteiger charge is -2.14. The summed E-state index contributed by atoms with van der Waals surface area (Å²) in [5.41, 5.74) is 2.46. The maximum absolute atomic E-state index is 13.2. The van der Waals surface area contributed by atoms with Crippen LogP contribution in [0.5, 0.6) is 0 Å². The first-order chi connectivity index (χ1) is 9.97. The molecule has 2 aromatic carbocycles. The van der Waals surface area contributed by atoms with Crippen molar-refractivity contribution in [1.82, 2.24) is 0 Å². The van der Waals surface area contributed by atoms with Gasteiger partial charge in [-0.15, -0.1) is 0 Å². The molecule has 0 aliphatic heterocycles. The summed E-state index contributed by atoms with van der Waals surface area (Å²) in [6.45, 7) is 1.92. The predicted molar refractivity (Wildman–Crippen MR) is 76.1 cm³/mol. The Hall–Kier alpha value is -2.23. The number of carbonyl (C=O) groups is 1. The smallest absolute Gasteiger partial charge is 0.307 e. The first-order valence-corrected chi connectivity index (χ1v) is 6.68. The number of hydrogen-bond acceptors (Lipinski definition) is 1. The minimum atomic E-state index is -0.951. The maximum atomic E-state index is 13.2. The van der Waals surface area contributed by atoms with E-state index in [0.717, 1.165) is 23.3 Å². The summed E-state index contributed by atoms with van der Waals surface area (Å²) < 4.78 is 26.1. The zero-order valence-electron chi connectivity index (χ0n) is 11.6. The van der Waals surface area contributed by atoms with E-state index in [-0.39, 0.29) is 6.42 Å². The monoisotopic (exact) mass is 290 g/mol. The Morgan fingerprint density at radius 3 is 2.43 bits per heavy atom. The van der Waals surface area contributed by atoms with Crippen LogP contribution in [0.25, 0.3) is 0 Å². The average Bonchev–Trinajstić information content (AvgIpc) is 2.44. The number of halogens is 2. The molecule has 4 heteroatoms. The largest absolute Gasteiger partial charge is 0.481 e. The number of carboxylic acids is 1. The molecule has 21 heavy (non-hydrogen) atoms. The molecule has 0 saturated heterocycles. The van der Waals surface area contributed by atoms with Gasteiger partial charge in [0.2, 0.25) is 0 Å². The molecule has 2 aromatic rings. The Balaban J connectivity index is 2.18. The summed E-state index contributed by atoms with van der Waals surface area (Å²) in [6, 6.07) is 11.1. The molecule has 0 heterocycles. The molecule has 1 N–H and O–H groups in total. The summed E-state index contributed by atoms with van der Waals surface area (Å²) in [5, 5.41) is 9.34. The Morgan fingerprint density at radius 2 is 1.81 bits per heavy atom. The van der Waals surface area contributed by atoms with Crippen molar-refractivity contribution in [2.75, 3.05) is 0 Å². The minimum Gasteiger partial charge on any atom is -0.481 e. The van der Waals surface area contributed by atoms with E-state index in [0.29, 0.717) is 12.0 Å². The summed E-state index contributed by atoms with van der Waals surface area (Å²) in [7, 11) is 0. The van der Waals surface area contributed by atoms with Gasteiger partial charge < -0.3 is 5.11 Å². The molecule has 0 amide bonds. The third kappa shape index (κ3) is 3.88. The van der Waals surface area contributed by atoms with E-state index in [4.69, 9.17) is 0 Å². The second kappa shape index (κ2) is 6.48. The van der Waals surface area contributed by atoms with Crippen LogP contribution in [0.15, 0.2) is 42.5 Å². The van der Waals surface area contributed by atoms with Crippen LogP contribution in [0.1, 0.15) is 16.7 Å². The van der Waals surface area contributed by atoms with Crippen molar-refractivity contribution in [3.8, 4) is 0 Å². The van der Waals surface area contributed by atoms with Gasteiger partial charge in [-0.25, -0.2) is 8.78 Å². The van der Waals surface area contributed by atoms with Crippen molar-refractivity contribution in [1.29, 1.82) is 0 Å². The van der Waals surface area contributed by atoms with Crippen LogP contribution in [-0.4, -0.2) is 11.1 Å². The van der Waals surface area contributed by atoms with Gasteiger partial charge in [-0.3, -0.25) is 4.79 Å². The van der Waals surface area contributed by atoms with E-state index in [9.17, 15) is 18.7 Å². The van der Waals surface area contributed by atoms with Crippen LogP contribution < -0.4 is 0 Å². The zero-order valence-corrected chi connectivity index (χ0v) is 11.6. The molecular weight excluding hydrogens is 274 g/mol. The molecule has 0 aliphatic carbocycles. The van der Waals surface area contributed by atoms with E-state index in [1.165, 1.54) is 6.07 Å². The van der Waals surface area contributed by atoms with Crippen LogP contribution in [0.3, 0.4) is 0 Å². The highest BCUT2D eigenvalue weighted by Gasteiger charge is 2.20. The average molecular weight is 290 g/mol. The van der Waals surface area contributed by atoms with Gasteiger partial charge in [0.1, 0.15) is 0 Å². The van der Waals surface area contributed by atoms with Gasteiger partial charge in [0.15, 0.2) is 11.6 Å². The maximum Gasteiger partial charge on any atom is 0.307 e. The number of rotatable bonds is 5. The van der Waals surface area contributed by atoms with Crippen molar-refractivity contribution in [3.63, 3.8) is 0 Å². The van der Waals surface area contributed by atoms with Crippen molar-refractivity contribution < 1.29 is 18.7 Å². The van der Waals surface area contributed by atoms with Crippen molar-refractivity contribution in [2.45, 2.75) is 19.8 Å². The number of aryl methyl sites for hydroxylation is 1. The Kier molecular flexibility index (Phi) is 4.68. The number of carboxylic acid groups (broad SMARTS) is 1. The van der Waals surface area contributed by atoms with Crippen molar-refractivity contribution >= 4 is 5.97 Å². The molecule has 0 bridgehead atoms. The van der Waals surface area contributed by atoms with Crippen LogP contribution in [0.4, 0.5) is 8.78 Å². The lowest BCUT2D eigenvalue weighted by molar-refractivity contribution is -0.141. The first-order valence-electron chi connectivity index (χ1n) is 6.68. The molecule has 0 radical (unpaired) electrons. The summed E-state index contributed by atoms with van der Waals surface area (Å²) >= 11 is 0. The van der Waals surface area contributed by atoms with Gasteiger partial charge in [-0.2, -0.15) is 0 Å². The third-order valence-electron chi connectivity index (χ3n) is 3.54. The number of aliphatic carboxylic acids is 1. The Bertz CT molecular complexity index is 653. The topological polar surface area (TPSA) is 37.3 Å². The molecule has 1 atom stereocenters. The van der Waals surface area contributed by atoms with Crippen LogP contribution in [0.2, 0.25) is 0 Å². The second-order valence-electron chi connectivity index (χ2n) is 5.12. The summed E-state index contributed by atoms with van der Waals surface area (Å²) in [6.07, 6.45) is 0.530. The van der Waals surface area contributed by atoms with Gasteiger partial charge in [0.25, 0.3) is 0 Å². The third-order valence-corrected chi connectivity index (χ3v) is 3.54. The predicted octanol–water partition coefficient (Wildman–Crippen LogP) is 3.76. The highest BCUT2D eigenvalue weighted by atomic mass is 19.2. The molecule has 2 rings (SSSR count). The molecule has 0 fully saturated rings. The second-order valence-corrected chi connectivity index (χ2v) is 5.12. The minimum absolute atomic E-state index is 0.168. The summed E-state index contributed by atoms with van der Waals surface area (Å²) in [4.78, 5) is 11.4. The Morgan fingerprint density at radius 1 is 1.10 bits per heavy atom. The highest BCUT2D eigenvalue weighted by Crippen LogP contribution is 2.19. The van der Waals surface area contributed by atoms with Crippen LogP contribution in [0, 0.1) is 24.5 Å². The van der Waals surface area contributed by atoms with Gasteiger partial charge in [-0.05, 0) is 48.6 Å². The van der Waals surface area contributed by atoms with Gasteiger partial charge in [0.05, 0.1) is 5.92 Å². The van der Waals surface area contributed by atoms with E-state index in [1.807, 2.05) is 31.2 Å². The lowest BCUT2D eigenvalue weighted by atomic mass is 9.91. The number of hydrogen-bond donors (Lipinski definition) is 1. The normalized spacial score (nSPS) is 12.1. The van der Waals surface area contributed by atoms with E-state index < -0.39 is 23.5 Å². The molecule has 1 unspecified atom stereocenters. The fourth-order valence-corrected chi connectivity index (χ4v) is 2.30. The van der Waals surface area contributed by atoms with Gasteiger partial charge in [-0.1, -0.05) is 30.3 Å². The lowest BCUT2D eigenvalue weighted by Crippen LogP contribution is -2.19. The van der Waals surface area contributed by atoms with Crippen molar-refractivity contribution in [2.24, 2.45) is 5.92 Å². The van der Waals surface area contributed by atoms with E-state index >= 15 is 0 Å². The molecular formula is C17H16F2O2. The Labute approximate surface area is 122 Å². The SMILES string of the molecule is Cc1ccccc1CC(Cc1ccc(F)c(F)c1)C(=O)O. The van der Waals surface area contributed by atoms with Gasteiger partial charge >= 0.3 is 5.97 Å². The molecule has 0 aromatic heterocycles. The molecule has 0 spiro atoms. The molecule has 2 nitrogen and oxygen atoms in total.